The van der Waals surface area contributed by atoms with Gasteiger partial charge in [-0.1, -0.05) is 13.8 Å². The van der Waals surface area contributed by atoms with Crippen molar-refractivity contribution in [1.29, 1.82) is 0 Å². The van der Waals surface area contributed by atoms with Crippen LogP contribution in [0.4, 0.5) is 8.78 Å². The summed E-state index contributed by atoms with van der Waals surface area (Å²) >= 11 is 0. The lowest BCUT2D eigenvalue weighted by Gasteiger charge is -2.08. The van der Waals surface area contributed by atoms with Gasteiger partial charge in [0.15, 0.2) is 0 Å². The number of alkyl halides is 2. The lowest BCUT2D eigenvalue weighted by atomic mass is 10.1. The lowest BCUT2D eigenvalue weighted by molar-refractivity contribution is 0.0729. The van der Waals surface area contributed by atoms with Gasteiger partial charge in [0.1, 0.15) is 0 Å². The van der Waals surface area contributed by atoms with Crippen LogP contribution in [-0.2, 0) is 0 Å². The molecule has 50 valence electrons. The third-order valence-electron chi connectivity index (χ3n) is 1.41. The average Bonchev–Trinajstić information content (AvgIpc) is 1.69. The predicted octanol–water partition coefficient (Wildman–Crippen LogP) is 2.69. The van der Waals surface area contributed by atoms with Crippen LogP contribution in [0.1, 0.15) is 26.7 Å². The summed E-state index contributed by atoms with van der Waals surface area (Å²) in [7, 11) is 0. The van der Waals surface area contributed by atoms with Crippen molar-refractivity contribution in [2.24, 2.45) is 5.92 Å². The van der Waals surface area contributed by atoms with Crippen LogP contribution < -0.4 is 0 Å². The molecule has 0 aromatic heterocycles. The van der Waals surface area contributed by atoms with Crippen molar-refractivity contribution in [3.8, 4) is 0 Å². The number of hydrogen-bond donors (Lipinski definition) is 0. The van der Waals surface area contributed by atoms with Gasteiger partial charge in [-0.3, -0.25) is 0 Å². The van der Waals surface area contributed by atoms with E-state index in [1.165, 1.54) is 0 Å². The van der Waals surface area contributed by atoms with Crippen molar-refractivity contribution in [1.82, 2.24) is 0 Å². The molecule has 0 amide bonds. The Morgan fingerprint density at radius 3 is 1.50 bits per heavy atom. The van der Waals surface area contributed by atoms with E-state index in [0.29, 0.717) is 12.8 Å². The third kappa shape index (κ3) is 2.24. The highest BCUT2D eigenvalue weighted by Crippen LogP contribution is 2.16. The SMILES string of the molecule is CCC(CC)C(F)F. The summed E-state index contributed by atoms with van der Waals surface area (Å²) in [5.74, 6) is -0.380. The fourth-order valence-electron chi connectivity index (χ4n) is 0.645. The Labute approximate surface area is 48.9 Å². The standard InChI is InChI=1S/C6H12F2/c1-3-5(4-2)6(7)8/h5-6H,3-4H2,1-2H3. The van der Waals surface area contributed by atoms with Crippen molar-refractivity contribution in [3.05, 3.63) is 0 Å². The topological polar surface area (TPSA) is 0 Å². The van der Waals surface area contributed by atoms with Crippen LogP contribution in [0.25, 0.3) is 0 Å². The number of hydrogen-bond acceptors (Lipinski definition) is 0. The molecule has 0 aromatic carbocycles. The van der Waals surface area contributed by atoms with Gasteiger partial charge in [0.25, 0.3) is 0 Å². The molecular weight excluding hydrogens is 110 g/mol. The van der Waals surface area contributed by atoms with Crippen LogP contribution >= 0.6 is 0 Å². The van der Waals surface area contributed by atoms with Crippen LogP contribution in [0.2, 0.25) is 0 Å². The van der Waals surface area contributed by atoms with E-state index >= 15 is 0 Å². The van der Waals surface area contributed by atoms with Gasteiger partial charge in [-0.2, -0.15) is 0 Å². The molecule has 0 saturated heterocycles. The first-order valence-electron chi connectivity index (χ1n) is 3.00. The largest absolute Gasteiger partial charge is 0.241 e. The molecule has 0 nitrogen and oxygen atoms in total. The Hall–Kier alpha value is -0.140. The molecule has 0 unspecified atom stereocenters. The second-order valence-electron chi connectivity index (χ2n) is 1.91. The van der Waals surface area contributed by atoms with E-state index in [4.69, 9.17) is 0 Å². The Morgan fingerprint density at radius 2 is 1.50 bits per heavy atom. The van der Waals surface area contributed by atoms with Gasteiger partial charge in [-0.05, 0) is 12.8 Å². The zero-order chi connectivity index (χ0) is 6.57. The van der Waals surface area contributed by atoms with Gasteiger partial charge in [0.05, 0.1) is 0 Å². The van der Waals surface area contributed by atoms with Crippen molar-refractivity contribution in [2.45, 2.75) is 33.1 Å². The van der Waals surface area contributed by atoms with Gasteiger partial charge in [0, 0.05) is 5.92 Å². The van der Waals surface area contributed by atoms with E-state index in [0.717, 1.165) is 0 Å². The zero-order valence-electron chi connectivity index (χ0n) is 5.32. The molecule has 0 N–H and O–H groups in total. The molecule has 0 heterocycles. The molecule has 0 aliphatic carbocycles. The summed E-state index contributed by atoms with van der Waals surface area (Å²) < 4.78 is 23.4. The highest BCUT2D eigenvalue weighted by Gasteiger charge is 2.14. The van der Waals surface area contributed by atoms with Crippen LogP contribution in [-0.4, -0.2) is 6.43 Å². The summed E-state index contributed by atoms with van der Waals surface area (Å²) in [5.41, 5.74) is 0. The van der Waals surface area contributed by atoms with Crippen molar-refractivity contribution >= 4 is 0 Å². The van der Waals surface area contributed by atoms with E-state index < -0.39 is 6.43 Å². The molecular formula is C6H12F2. The molecule has 0 radical (unpaired) electrons. The molecule has 0 aromatic rings. The minimum absolute atomic E-state index is 0.380. The molecule has 0 rings (SSSR count). The maximum atomic E-state index is 11.7. The van der Waals surface area contributed by atoms with Gasteiger partial charge in [0.2, 0.25) is 6.43 Å². The van der Waals surface area contributed by atoms with Crippen molar-refractivity contribution in [2.75, 3.05) is 0 Å². The molecule has 0 saturated carbocycles. The maximum absolute atomic E-state index is 11.7. The quantitative estimate of drug-likeness (QED) is 0.540. The molecule has 2 heteroatoms. The molecule has 0 fully saturated rings. The number of halogens is 2. The monoisotopic (exact) mass is 122 g/mol. The first-order valence-corrected chi connectivity index (χ1v) is 3.00. The fourth-order valence-corrected chi connectivity index (χ4v) is 0.645. The van der Waals surface area contributed by atoms with Crippen molar-refractivity contribution in [3.63, 3.8) is 0 Å². The third-order valence-corrected chi connectivity index (χ3v) is 1.41. The fraction of sp³-hybridized carbons (Fsp3) is 1.00. The van der Waals surface area contributed by atoms with Crippen molar-refractivity contribution < 1.29 is 8.78 Å². The zero-order valence-corrected chi connectivity index (χ0v) is 5.32. The van der Waals surface area contributed by atoms with Gasteiger partial charge >= 0.3 is 0 Å². The molecule has 0 aliphatic heterocycles. The minimum atomic E-state index is -2.12. The molecule has 0 spiro atoms. The van der Waals surface area contributed by atoms with E-state index in [9.17, 15) is 8.78 Å². The molecule has 0 aliphatic rings. The summed E-state index contributed by atoms with van der Waals surface area (Å²) in [6.45, 7) is 3.58. The Bertz CT molecular complexity index is 48.5. The Kier molecular flexibility index (Phi) is 3.75. The molecule has 0 atom stereocenters. The first-order chi connectivity index (χ1) is 3.72. The summed E-state index contributed by atoms with van der Waals surface area (Å²) in [6, 6.07) is 0. The summed E-state index contributed by atoms with van der Waals surface area (Å²) in [4.78, 5) is 0. The second-order valence-corrected chi connectivity index (χ2v) is 1.91. The van der Waals surface area contributed by atoms with Crippen LogP contribution in [0.3, 0.4) is 0 Å². The average molecular weight is 122 g/mol. The van der Waals surface area contributed by atoms with Gasteiger partial charge in [-0.15, -0.1) is 0 Å². The van der Waals surface area contributed by atoms with Crippen LogP contribution in [0.5, 0.6) is 0 Å². The smallest absolute Gasteiger partial charge is 0.210 e. The van der Waals surface area contributed by atoms with Crippen LogP contribution in [0, 0.1) is 5.92 Å². The molecule has 0 bridgehead atoms. The Morgan fingerprint density at radius 1 is 1.12 bits per heavy atom. The molecule has 8 heavy (non-hydrogen) atoms. The highest BCUT2D eigenvalue weighted by atomic mass is 19.3. The minimum Gasteiger partial charge on any atom is -0.210 e. The number of rotatable bonds is 3. The van der Waals surface area contributed by atoms with Gasteiger partial charge in [-0.25, -0.2) is 8.78 Å². The second kappa shape index (κ2) is 3.81. The van der Waals surface area contributed by atoms with E-state index in [1.807, 2.05) is 0 Å². The predicted molar refractivity (Wildman–Crippen MR) is 30.1 cm³/mol. The van der Waals surface area contributed by atoms with E-state index in [2.05, 4.69) is 0 Å². The first kappa shape index (κ1) is 7.86. The maximum Gasteiger partial charge on any atom is 0.241 e. The van der Waals surface area contributed by atoms with E-state index in [-0.39, 0.29) is 5.92 Å². The highest BCUT2D eigenvalue weighted by molar-refractivity contribution is 4.54. The lowest BCUT2D eigenvalue weighted by Crippen LogP contribution is -2.07. The normalized spacial score (nSPS) is 11.2. The summed E-state index contributed by atoms with van der Waals surface area (Å²) in [5, 5.41) is 0. The van der Waals surface area contributed by atoms with E-state index in [1.54, 1.807) is 13.8 Å². The Balaban J connectivity index is 3.35. The van der Waals surface area contributed by atoms with Gasteiger partial charge < -0.3 is 0 Å². The summed E-state index contributed by atoms with van der Waals surface area (Å²) in [6.07, 6.45) is -0.938. The van der Waals surface area contributed by atoms with Crippen LogP contribution in [0.15, 0.2) is 0 Å².